The molecule has 0 aliphatic carbocycles. The summed E-state index contributed by atoms with van der Waals surface area (Å²) in [6.07, 6.45) is 0. The van der Waals surface area contributed by atoms with E-state index in [4.69, 9.17) is 4.74 Å². The summed E-state index contributed by atoms with van der Waals surface area (Å²) in [4.78, 5) is 12.0. The SMILES string of the molecule is Cc1ccc(OCCNC(=O)c2ccccc2I)cc1. The molecule has 0 atom stereocenters. The number of benzene rings is 2. The van der Waals surface area contributed by atoms with E-state index in [1.54, 1.807) is 0 Å². The third-order valence-corrected chi connectivity index (χ3v) is 3.74. The quantitative estimate of drug-likeness (QED) is 0.637. The lowest BCUT2D eigenvalue weighted by Crippen LogP contribution is -2.28. The summed E-state index contributed by atoms with van der Waals surface area (Å²) in [7, 11) is 0. The van der Waals surface area contributed by atoms with Crippen molar-refractivity contribution in [2.45, 2.75) is 6.92 Å². The summed E-state index contributed by atoms with van der Waals surface area (Å²) < 4.78 is 6.51. The van der Waals surface area contributed by atoms with Gasteiger partial charge in [0, 0.05) is 3.57 Å². The Morgan fingerprint density at radius 1 is 1.15 bits per heavy atom. The molecule has 0 aromatic heterocycles. The minimum Gasteiger partial charge on any atom is -0.492 e. The molecule has 4 heteroatoms. The molecule has 2 aromatic rings. The second-order valence-electron chi connectivity index (χ2n) is 4.40. The van der Waals surface area contributed by atoms with Crippen LogP contribution >= 0.6 is 22.6 Å². The molecule has 1 N–H and O–H groups in total. The minimum atomic E-state index is -0.0671. The molecule has 0 heterocycles. The molecule has 1 amide bonds. The molecule has 0 aliphatic rings. The summed E-state index contributed by atoms with van der Waals surface area (Å²) in [6.45, 7) is 2.97. The van der Waals surface area contributed by atoms with Gasteiger partial charge in [-0.1, -0.05) is 29.8 Å². The number of hydrogen-bond donors (Lipinski definition) is 1. The van der Waals surface area contributed by atoms with E-state index in [-0.39, 0.29) is 5.91 Å². The molecule has 3 nitrogen and oxygen atoms in total. The molecule has 104 valence electrons. The van der Waals surface area contributed by atoms with Gasteiger partial charge in [-0.2, -0.15) is 0 Å². The fourth-order valence-corrected chi connectivity index (χ4v) is 2.34. The van der Waals surface area contributed by atoms with Crippen LogP contribution in [-0.4, -0.2) is 19.1 Å². The fraction of sp³-hybridized carbons (Fsp3) is 0.188. The first-order valence-corrected chi connectivity index (χ1v) is 7.47. The van der Waals surface area contributed by atoms with Gasteiger partial charge in [0.25, 0.3) is 5.91 Å². The van der Waals surface area contributed by atoms with Crippen LogP contribution in [0.3, 0.4) is 0 Å². The summed E-state index contributed by atoms with van der Waals surface area (Å²) >= 11 is 2.16. The molecule has 0 saturated heterocycles. The van der Waals surface area contributed by atoms with Gasteiger partial charge in [-0.3, -0.25) is 4.79 Å². The summed E-state index contributed by atoms with van der Waals surface area (Å²) in [5, 5.41) is 2.85. The van der Waals surface area contributed by atoms with E-state index in [0.717, 1.165) is 9.32 Å². The van der Waals surface area contributed by atoms with Crippen LogP contribution in [0.2, 0.25) is 0 Å². The van der Waals surface area contributed by atoms with Crippen LogP contribution in [0.1, 0.15) is 15.9 Å². The van der Waals surface area contributed by atoms with Crippen LogP contribution in [-0.2, 0) is 0 Å². The maximum Gasteiger partial charge on any atom is 0.252 e. The molecular weight excluding hydrogens is 365 g/mol. The van der Waals surface area contributed by atoms with E-state index < -0.39 is 0 Å². The molecule has 2 rings (SSSR count). The lowest BCUT2D eigenvalue weighted by molar-refractivity contribution is 0.0946. The number of ether oxygens (including phenoxy) is 1. The number of carbonyl (C=O) groups excluding carboxylic acids is 1. The van der Waals surface area contributed by atoms with Gasteiger partial charge in [0.15, 0.2) is 0 Å². The first kappa shape index (κ1) is 14.8. The van der Waals surface area contributed by atoms with Gasteiger partial charge in [-0.15, -0.1) is 0 Å². The molecule has 0 unspecified atom stereocenters. The van der Waals surface area contributed by atoms with E-state index in [2.05, 4.69) is 27.9 Å². The van der Waals surface area contributed by atoms with Crippen LogP contribution in [0.4, 0.5) is 0 Å². The first-order valence-electron chi connectivity index (χ1n) is 6.39. The highest BCUT2D eigenvalue weighted by atomic mass is 127. The van der Waals surface area contributed by atoms with Gasteiger partial charge < -0.3 is 10.1 Å². The smallest absolute Gasteiger partial charge is 0.252 e. The first-order chi connectivity index (χ1) is 9.66. The molecule has 20 heavy (non-hydrogen) atoms. The van der Waals surface area contributed by atoms with E-state index in [0.29, 0.717) is 18.7 Å². The Kier molecular flexibility index (Phi) is 5.40. The van der Waals surface area contributed by atoms with Crippen molar-refractivity contribution in [3.05, 3.63) is 63.2 Å². The summed E-state index contributed by atoms with van der Waals surface area (Å²) in [6, 6.07) is 15.4. The highest BCUT2D eigenvalue weighted by Gasteiger charge is 2.07. The van der Waals surface area contributed by atoms with Crippen molar-refractivity contribution in [3.63, 3.8) is 0 Å². The van der Waals surface area contributed by atoms with Crippen LogP contribution < -0.4 is 10.1 Å². The lowest BCUT2D eigenvalue weighted by Gasteiger charge is -2.08. The molecule has 0 fully saturated rings. The van der Waals surface area contributed by atoms with Gasteiger partial charge in [-0.25, -0.2) is 0 Å². The van der Waals surface area contributed by atoms with Crippen molar-refractivity contribution in [2.75, 3.05) is 13.2 Å². The van der Waals surface area contributed by atoms with Gasteiger partial charge in [0.2, 0.25) is 0 Å². The number of aryl methyl sites for hydroxylation is 1. The second-order valence-corrected chi connectivity index (χ2v) is 5.56. The summed E-state index contributed by atoms with van der Waals surface area (Å²) in [5.41, 5.74) is 1.90. The zero-order chi connectivity index (χ0) is 14.4. The van der Waals surface area contributed by atoms with Gasteiger partial charge in [0.1, 0.15) is 12.4 Å². The van der Waals surface area contributed by atoms with Crippen LogP contribution in [0.5, 0.6) is 5.75 Å². The number of hydrogen-bond acceptors (Lipinski definition) is 2. The predicted molar refractivity (Wildman–Crippen MR) is 88.2 cm³/mol. The fourth-order valence-electron chi connectivity index (χ4n) is 1.71. The van der Waals surface area contributed by atoms with Gasteiger partial charge in [0.05, 0.1) is 12.1 Å². The zero-order valence-corrected chi connectivity index (χ0v) is 13.4. The average Bonchev–Trinajstić information content (AvgIpc) is 2.46. The standard InChI is InChI=1S/C16H16INO2/c1-12-6-8-13(9-7-12)20-11-10-18-16(19)14-4-2-3-5-15(14)17/h2-9H,10-11H2,1H3,(H,18,19). The second kappa shape index (κ2) is 7.28. The van der Waals surface area contributed by atoms with E-state index in [9.17, 15) is 4.79 Å². The number of halogens is 1. The Morgan fingerprint density at radius 2 is 1.85 bits per heavy atom. The van der Waals surface area contributed by atoms with Crippen molar-refractivity contribution in [1.29, 1.82) is 0 Å². The average molecular weight is 381 g/mol. The molecule has 0 saturated carbocycles. The minimum absolute atomic E-state index is 0.0671. The molecule has 0 spiro atoms. The van der Waals surface area contributed by atoms with Crippen LogP contribution in [0.15, 0.2) is 48.5 Å². The van der Waals surface area contributed by atoms with E-state index in [1.807, 2.05) is 55.5 Å². The maximum absolute atomic E-state index is 12.0. The lowest BCUT2D eigenvalue weighted by atomic mass is 10.2. The Morgan fingerprint density at radius 3 is 2.55 bits per heavy atom. The Hall–Kier alpha value is -1.56. The van der Waals surface area contributed by atoms with E-state index >= 15 is 0 Å². The third kappa shape index (κ3) is 4.23. The van der Waals surface area contributed by atoms with Crippen molar-refractivity contribution < 1.29 is 9.53 Å². The highest BCUT2D eigenvalue weighted by Crippen LogP contribution is 2.12. The largest absolute Gasteiger partial charge is 0.492 e. The van der Waals surface area contributed by atoms with Crippen molar-refractivity contribution in [1.82, 2.24) is 5.32 Å². The number of rotatable bonds is 5. The highest BCUT2D eigenvalue weighted by molar-refractivity contribution is 14.1. The normalized spacial score (nSPS) is 10.1. The van der Waals surface area contributed by atoms with Crippen molar-refractivity contribution in [3.8, 4) is 5.75 Å². The number of amides is 1. The Bertz CT molecular complexity index is 581. The molecule has 0 aliphatic heterocycles. The number of carbonyl (C=O) groups is 1. The topological polar surface area (TPSA) is 38.3 Å². The maximum atomic E-state index is 12.0. The zero-order valence-electron chi connectivity index (χ0n) is 11.2. The van der Waals surface area contributed by atoms with Crippen molar-refractivity contribution in [2.24, 2.45) is 0 Å². The van der Waals surface area contributed by atoms with Gasteiger partial charge >= 0.3 is 0 Å². The summed E-state index contributed by atoms with van der Waals surface area (Å²) in [5.74, 6) is 0.752. The van der Waals surface area contributed by atoms with Crippen LogP contribution in [0.25, 0.3) is 0 Å². The molecule has 2 aromatic carbocycles. The molecule has 0 radical (unpaired) electrons. The van der Waals surface area contributed by atoms with Crippen LogP contribution in [0, 0.1) is 10.5 Å². The molecular formula is C16H16INO2. The molecule has 0 bridgehead atoms. The Balaban J connectivity index is 1.77. The van der Waals surface area contributed by atoms with E-state index in [1.165, 1.54) is 5.56 Å². The Labute approximate surface area is 132 Å². The van der Waals surface area contributed by atoms with Crippen molar-refractivity contribution >= 4 is 28.5 Å². The number of nitrogens with one attached hydrogen (secondary N) is 1. The third-order valence-electron chi connectivity index (χ3n) is 2.80. The predicted octanol–water partition coefficient (Wildman–Crippen LogP) is 3.41. The van der Waals surface area contributed by atoms with Gasteiger partial charge in [-0.05, 0) is 53.8 Å². The monoisotopic (exact) mass is 381 g/mol.